The summed E-state index contributed by atoms with van der Waals surface area (Å²) in [4.78, 5) is 0. The van der Waals surface area contributed by atoms with Crippen molar-refractivity contribution in [1.29, 1.82) is 0 Å². The predicted octanol–water partition coefficient (Wildman–Crippen LogP) is 7.66. The Morgan fingerprint density at radius 1 is 0.889 bits per heavy atom. The summed E-state index contributed by atoms with van der Waals surface area (Å²) in [6, 6.07) is 8.69. The number of rotatable bonds is 6. The maximum atomic E-state index is 3.98. The van der Waals surface area contributed by atoms with Gasteiger partial charge < -0.3 is 0 Å². The summed E-state index contributed by atoms with van der Waals surface area (Å²) in [6.45, 7) is 16.3. The van der Waals surface area contributed by atoms with Gasteiger partial charge in [0.25, 0.3) is 0 Å². The maximum Gasteiger partial charge on any atom is 0.0706 e. The molecular weight excluding hydrogens is 324 g/mol. The second kappa shape index (κ2) is 9.19. The molecule has 0 saturated heterocycles. The molecule has 0 aliphatic heterocycles. The van der Waals surface area contributed by atoms with Crippen molar-refractivity contribution in [3.8, 4) is 0 Å². The van der Waals surface area contributed by atoms with Gasteiger partial charge in [0.15, 0.2) is 0 Å². The Morgan fingerprint density at radius 3 is 2.11 bits per heavy atom. The standard InChI is InChI=1S/C27H30/c1-7-15-21(11-5)27(22(16-8-2)17-9-3)25(12-6)23(18-10-4)24-19-13-14-20-26(24)27/h7-20H,2,4H2,1,3,5-6H3/b15-7-,17-9-,21-11+,22-16+,23-18?,25-12+. The second-order valence-electron chi connectivity index (χ2n) is 6.42. The average Bonchev–Trinajstić information content (AvgIpc) is 2.96. The van der Waals surface area contributed by atoms with Gasteiger partial charge in [-0.3, -0.25) is 0 Å². The molecule has 0 N–H and O–H groups in total. The van der Waals surface area contributed by atoms with Gasteiger partial charge in [0.1, 0.15) is 0 Å². The summed E-state index contributed by atoms with van der Waals surface area (Å²) in [5.41, 5.74) is 7.15. The summed E-state index contributed by atoms with van der Waals surface area (Å²) in [5.74, 6) is 0. The van der Waals surface area contributed by atoms with Crippen molar-refractivity contribution in [2.45, 2.75) is 33.1 Å². The van der Waals surface area contributed by atoms with Gasteiger partial charge in [-0.2, -0.15) is 0 Å². The third-order valence-corrected chi connectivity index (χ3v) is 5.06. The van der Waals surface area contributed by atoms with Gasteiger partial charge in [0.05, 0.1) is 5.41 Å². The molecule has 0 saturated carbocycles. The smallest absolute Gasteiger partial charge is 0.0706 e. The Balaban J connectivity index is 3.12. The van der Waals surface area contributed by atoms with Gasteiger partial charge in [0, 0.05) is 0 Å². The lowest BCUT2D eigenvalue weighted by Gasteiger charge is -2.36. The zero-order valence-electron chi connectivity index (χ0n) is 17.0. The molecule has 0 aromatic heterocycles. The van der Waals surface area contributed by atoms with Crippen LogP contribution in [0.3, 0.4) is 0 Å². The van der Waals surface area contributed by atoms with E-state index in [2.05, 4.69) is 114 Å². The third-order valence-electron chi connectivity index (χ3n) is 5.06. The molecule has 1 aromatic carbocycles. The Kier molecular flexibility index (Phi) is 6.96. The molecule has 27 heavy (non-hydrogen) atoms. The van der Waals surface area contributed by atoms with Crippen LogP contribution in [-0.4, -0.2) is 0 Å². The fourth-order valence-electron chi connectivity index (χ4n) is 4.22. The van der Waals surface area contributed by atoms with Crippen LogP contribution >= 0.6 is 0 Å². The van der Waals surface area contributed by atoms with Gasteiger partial charge in [-0.15, -0.1) is 0 Å². The molecule has 0 heterocycles. The van der Waals surface area contributed by atoms with Gasteiger partial charge in [0.2, 0.25) is 0 Å². The zero-order chi connectivity index (χ0) is 19.9. The van der Waals surface area contributed by atoms with E-state index < -0.39 is 0 Å². The van der Waals surface area contributed by atoms with E-state index in [0.717, 1.165) is 0 Å². The SMILES string of the molecule is C=CC=C1/C(=C\C)C(C(/C=C\C)=C/C)(C(/C=C\C)=C/C=C)c2ccccc21. The van der Waals surface area contributed by atoms with Crippen LogP contribution < -0.4 is 0 Å². The molecule has 138 valence electrons. The van der Waals surface area contributed by atoms with Crippen molar-refractivity contribution in [3.63, 3.8) is 0 Å². The topological polar surface area (TPSA) is 0 Å². The third kappa shape index (κ3) is 3.28. The summed E-state index contributed by atoms with van der Waals surface area (Å²) in [5, 5.41) is 0. The minimum Gasteiger partial charge on any atom is -0.0991 e. The van der Waals surface area contributed by atoms with E-state index in [-0.39, 0.29) is 5.41 Å². The molecule has 0 amide bonds. The Hall–Kier alpha value is -2.86. The molecule has 2 rings (SSSR count). The van der Waals surface area contributed by atoms with E-state index in [0.29, 0.717) is 0 Å². The first-order valence-electron chi connectivity index (χ1n) is 9.52. The Bertz CT molecular complexity index is 894. The van der Waals surface area contributed by atoms with Crippen LogP contribution in [0.15, 0.2) is 115 Å². The molecule has 1 aliphatic carbocycles. The first-order chi connectivity index (χ1) is 13.2. The quantitative estimate of drug-likeness (QED) is 0.460. The van der Waals surface area contributed by atoms with Gasteiger partial charge >= 0.3 is 0 Å². The summed E-state index contributed by atoms with van der Waals surface area (Å²) in [6.07, 6.45) is 21.1. The lowest BCUT2D eigenvalue weighted by molar-refractivity contribution is 0.762. The van der Waals surface area contributed by atoms with Crippen molar-refractivity contribution in [3.05, 3.63) is 126 Å². The molecule has 1 aromatic rings. The Morgan fingerprint density at radius 2 is 1.56 bits per heavy atom. The van der Waals surface area contributed by atoms with Crippen molar-refractivity contribution >= 4 is 5.57 Å². The molecular formula is C27H30. The van der Waals surface area contributed by atoms with Crippen molar-refractivity contribution in [2.24, 2.45) is 0 Å². The summed E-state index contributed by atoms with van der Waals surface area (Å²) < 4.78 is 0. The van der Waals surface area contributed by atoms with Crippen molar-refractivity contribution in [1.82, 2.24) is 0 Å². The molecule has 1 atom stereocenters. The van der Waals surface area contributed by atoms with E-state index in [1.54, 1.807) is 0 Å². The first kappa shape index (κ1) is 20.5. The molecule has 0 bridgehead atoms. The second-order valence-corrected chi connectivity index (χ2v) is 6.42. The summed E-state index contributed by atoms with van der Waals surface area (Å²) >= 11 is 0. The highest BCUT2D eigenvalue weighted by molar-refractivity contribution is 5.95. The normalized spacial score (nSPS) is 23.6. The average molecular weight is 355 g/mol. The zero-order valence-corrected chi connectivity index (χ0v) is 17.0. The first-order valence-corrected chi connectivity index (χ1v) is 9.52. The van der Waals surface area contributed by atoms with E-state index in [9.17, 15) is 0 Å². The minimum atomic E-state index is -0.373. The fraction of sp³-hybridized carbons (Fsp3) is 0.185. The van der Waals surface area contributed by atoms with Crippen LogP contribution in [0.2, 0.25) is 0 Å². The van der Waals surface area contributed by atoms with Crippen LogP contribution in [0.1, 0.15) is 38.8 Å². The predicted molar refractivity (Wildman–Crippen MR) is 122 cm³/mol. The van der Waals surface area contributed by atoms with Gasteiger partial charge in [-0.25, -0.2) is 0 Å². The van der Waals surface area contributed by atoms with E-state index in [4.69, 9.17) is 0 Å². The Labute approximate surface area is 165 Å². The number of hydrogen-bond acceptors (Lipinski definition) is 0. The number of benzene rings is 1. The molecule has 0 heteroatoms. The lowest BCUT2D eigenvalue weighted by atomic mass is 9.66. The molecule has 0 fully saturated rings. The highest BCUT2D eigenvalue weighted by Gasteiger charge is 2.48. The fourth-order valence-corrected chi connectivity index (χ4v) is 4.22. The highest BCUT2D eigenvalue weighted by Crippen LogP contribution is 2.58. The van der Waals surface area contributed by atoms with Crippen LogP contribution in [-0.2, 0) is 5.41 Å². The van der Waals surface area contributed by atoms with E-state index in [1.165, 1.54) is 33.4 Å². The van der Waals surface area contributed by atoms with Crippen LogP contribution in [0.25, 0.3) is 5.57 Å². The van der Waals surface area contributed by atoms with Crippen LogP contribution in [0, 0.1) is 0 Å². The number of hydrogen-bond donors (Lipinski definition) is 0. The minimum absolute atomic E-state index is 0.373. The van der Waals surface area contributed by atoms with E-state index in [1.807, 2.05) is 12.2 Å². The lowest BCUT2D eigenvalue weighted by Crippen LogP contribution is -2.29. The van der Waals surface area contributed by atoms with Crippen LogP contribution in [0.5, 0.6) is 0 Å². The molecule has 0 spiro atoms. The molecule has 0 nitrogen and oxygen atoms in total. The molecule has 0 radical (unpaired) electrons. The largest absolute Gasteiger partial charge is 0.0991 e. The molecule has 1 unspecified atom stereocenters. The number of allylic oxidation sites excluding steroid dienone is 14. The van der Waals surface area contributed by atoms with Crippen molar-refractivity contribution in [2.75, 3.05) is 0 Å². The summed E-state index contributed by atoms with van der Waals surface area (Å²) in [7, 11) is 0. The van der Waals surface area contributed by atoms with Crippen molar-refractivity contribution < 1.29 is 0 Å². The maximum absolute atomic E-state index is 3.98. The molecule has 1 aliphatic rings. The van der Waals surface area contributed by atoms with Gasteiger partial charge in [-0.05, 0) is 61.1 Å². The van der Waals surface area contributed by atoms with Crippen LogP contribution in [0.4, 0.5) is 0 Å². The van der Waals surface area contributed by atoms with Gasteiger partial charge in [-0.1, -0.05) is 98.2 Å². The van der Waals surface area contributed by atoms with E-state index >= 15 is 0 Å². The highest BCUT2D eigenvalue weighted by atomic mass is 14.5. The monoisotopic (exact) mass is 354 g/mol. The number of fused-ring (bicyclic) bond motifs is 1.